The molecule has 116 valence electrons. The number of carbonyl (C=O) groups excluding carboxylic acids is 2. The highest BCUT2D eigenvalue weighted by Crippen LogP contribution is 2.12. The summed E-state index contributed by atoms with van der Waals surface area (Å²) in [5, 5.41) is 0.245. The molecule has 0 heterocycles. The van der Waals surface area contributed by atoms with Gasteiger partial charge < -0.3 is 0 Å². The zero-order chi connectivity index (χ0) is 15.5. The largest absolute Gasteiger partial charge is 0.298 e. The van der Waals surface area contributed by atoms with Crippen LogP contribution in [-0.2, 0) is 11.2 Å². The van der Waals surface area contributed by atoms with Crippen molar-refractivity contribution in [2.24, 2.45) is 0 Å². The number of halogens is 1. The minimum atomic E-state index is -0.0921. The Kier molecular flexibility index (Phi) is 9.24. The van der Waals surface area contributed by atoms with Crippen LogP contribution in [0.5, 0.6) is 0 Å². The Morgan fingerprint density at radius 3 is 2.19 bits per heavy atom. The summed E-state index contributed by atoms with van der Waals surface area (Å²) in [5.74, 6) is -0.165. The number of hydrogen-bond acceptors (Lipinski definition) is 2. The second-order valence-electron chi connectivity index (χ2n) is 5.49. The van der Waals surface area contributed by atoms with Crippen molar-refractivity contribution in [3.63, 3.8) is 0 Å². The topological polar surface area (TPSA) is 34.1 Å². The summed E-state index contributed by atoms with van der Waals surface area (Å²) in [5.41, 5.74) is 1.91. The second-order valence-corrected chi connectivity index (χ2v) is 6.05. The van der Waals surface area contributed by atoms with Crippen LogP contribution >= 0.6 is 15.9 Å². The molecule has 21 heavy (non-hydrogen) atoms. The maximum absolute atomic E-state index is 11.8. The van der Waals surface area contributed by atoms with Crippen molar-refractivity contribution in [3.8, 4) is 0 Å². The van der Waals surface area contributed by atoms with Gasteiger partial charge in [0, 0.05) is 5.56 Å². The third-order valence-electron chi connectivity index (χ3n) is 3.60. The average Bonchev–Trinajstić information content (AvgIpc) is 2.51. The van der Waals surface area contributed by atoms with E-state index in [0.717, 1.165) is 6.42 Å². The highest BCUT2D eigenvalue weighted by atomic mass is 79.9. The Morgan fingerprint density at radius 2 is 1.57 bits per heavy atom. The van der Waals surface area contributed by atoms with E-state index in [4.69, 9.17) is 0 Å². The Hall–Kier alpha value is -0.960. The highest BCUT2D eigenvalue weighted by Gasteiger charge is 2.10. The van der Waals surface area contributed by atoms with Gasteiger partial charge in [-0.2, -0.15) is 0 Å². The SMILES string of the molecule is CCCCCCCCc1ccc(C(=O)CC(=O)CBr)cc1. The normalized spacial score (nSPS) is 10.6. The summed E-state index contributed by atoms with van der Waals surface area (Å²) in [6.45, 7) is 2.23. The van der Waals surface area contributed by atoms with Crippen LogP contribution in [0, 0.1) is 0 Å². The molecule has 0 aliphatic carbocycles. The fourth-order valence-electron chi connectivity index (χ4n) is 2.30. The number of hydrogen-bond donors (Lipinski definition) is 0. The molecule has 0 fully saturated rings. The molecule has 0 bridgehead atoms. The van der Waals surface area contributed by atoms with Crippen LogP contribution in [0.1, 0.15) is 67.8 Å². The Bertz CT molecular complexity index is 437. The number of ketones is 2. The highest BCUT2D eigenvalue weighted by molar-refractivity contribution is 9.09. The molecule has 2 nitrogen and oxygen atoms in total. The predicted octanol–water partition coefficient (Wildman–Crippen LogP) is 5.13. The van der Waals surface area contributed by atoms with E-state index >= 15 is 0 Å². The van der Waals surface area contributed by atoms with E-state index in [1.54, 1.807) is 0 Å². The van der Waals surface area contributed by atoms with E-state index in [2.05, 4.69) is 22.9 Å². The second kappa shape index (κ2) is 10.7. The first-order valence-electron chi connectivity index (χ1n) is 7.87. The summed E-state index contributed by atoms with van der Waals surface area (Å²) >= 11 is 3.08. The van der Waals surface area contributed by atoms with E-state index in [1.807, 2.05) is 24.3 Å². The van der Waals surface area contributed by atoms with Crippen molar-refractivity contribution in [2.45, 2.75) is 58.3 Å². The van der Waals surface area contributed by atoms with E-state index < -0.39 is 0 Å². The van der Waals surface area contributed by atoms with E-state index in [-0.39, 0.29) is 23.3 Å². The molecule has 3 heteroatoms. The van der Waals surface area contributed by atoms with E-state index in [0.29, 0.717) is 5.56 Å². The summed E-state index contributed by atoms with van der Waals surface area (Å²) in [4.78, 5) is 23.1. The third-order valence-corrected chi connectivity index (χ3v) is 4.23. The van der Waals surface area contributed by atoms with Gasteiger partial charge in [0.2, 0.25) is 0 Å². The Morgan fingerprint density at radius 1 is 0.952 bits per heavy atom. The fraction of sp³-hybridized carbons (Fsp3) is 0.556. The van der Waals surface area contributed by atoms with Crippen LogP contribution in [0.2, 0.25) is 0 Å². The van der Waals surface area contributed by atoms with Crippen LogP contribution in [0.15, 0.2) is 24.3 Å². The standard InChI is InChI=1S/C18H25BrO2/c1-2-3-4-5-6-7-8-15-9-11-16(12-10-15)18(21)13-17(20)14-19/h9-12H,2-8,13-14H2,1H3. The molecule has 0 radical (unpaired) electrons. The lowest BCUT2D eigenvalue weighted by atomic mass is 10.0. The van der Waals surface area contributed by atoms with Gasteiger partial charge in [-0.05, 0) is 18.4 Å². The number of alkyl halides is 1. The lowest BCUT2D eigenvalue weighted by molar-refractivity contribution is -0.115. The predicted molar refractivity (Wildman–Crippen MR) is 91.3 cm³/mol. The van der Waals surface area contributed by atoms with Crippen molar-refractivity contribution < 1.29 is 9.59 Å². The van der Waals surface area contributed by atoms with Gasteiger partial charge in [0.1, 0.15) is 0 Å². The first-order chi connectivity index (χ1) is 10.2. The quantitative estimate of drug-likeness (QED) is 0.239. The Labute approximate surface area is 136 Å². The van der Waals surface area contributed by atoms with Crippen LogP contribution in [0.4, 0.5) is 0 Å². The lowest BCUT2D eigenvalue weighted by Gasteiger charge is -2.04. The monoisotopic (exact) mass is 352 g/mol. The molecule has 0 saturated heterocycles. The van der Waals surface area contributed by atoms with Gasteiger partial charge in [-0.25, -0.2) is 0 Å². The van der Waals surface area contributed by atoms with E-state index in [1.165, 1.54) is 44.1 Å². The smallest absolute Gasteiger partial charge is 0.170 e. The molecule has 0 aliphatic rings. The molecule has 0 atom stereocenters. The number of unbranched alkanes of at least 4 members (excludes halogenated alkanes) is 5. The van der Waals surface area contributed by atoms with E-state index in [9.17, 15) is 9.59 Å². The molecule has 0 N–H and O–H groups in total. The van der Waals surface area contributed by atoms with Crippen molar-refractivity contribution >= 4 is 27.5 Å². The first-order valence-corrected chi connectivity index (χ1v) is 8.99. The number of carbonyl (C=O) groups is 2. The van der Waals surface area contributed by atoms with Crippen molar-refractivity contribution in [2.75, 3.05) is 5.33 Å². The molecule has 1 aromatic rings. The van der Waals surface area contributed by atoms with Crippen LogP contribution in [-0.4, -0.2) is 16.9 Å². The molecule has 0 unspecified atom stereocenters. The minimum Gasteiger partial charge on any atom is -0.298 e. The summed E-state index contributed by atoms with van der Waals surface area (Å²) in [7, 11) is 0. The lowest BCUT2D eigenvalue weighted by Crippen LogP contribution is -2.08. The molecule has 1 rings (SSSR count). The van der Waals surface area contributed by atoms with Crippen molar-refractivity contribution in [3.05, 3.63) is 35.4 Å². The number of Topliss-reactive ketones (excluding diaryl/α,β-unsaturated/α-hetero) is 2. The molecule has 1 aromatic carbocycles. The Balaban J connectivity index is 2.33. The molecule has 0 saturated carbocycles. The van der Waals surface area contributed by atoms with Crippen LogP contribution < -0.4 is 0 Å². The van der Waals surface area contributed by atoms with Gasteiger partial charge in [-0.3, -0.25) is 9.59 Å². The van der Waals surface area contributed by atoms with Gasteiger partial charge in [-0.15, -0.1) is 0 Å². The maximum Gasteiger partial charge on any atom is 0.170 e. The maximum atomic E-state index is 11.8. The molecule has 0 aliphatic heterocycles. The summed E-state index contributed by atoms with van der Waals surface area (Å²) in [6.07, 6.45) is 8.82. The molecule has 0 spiro atoms. The number of aryl methyl sites for hydroxylation is 1. The summed E-state index contributed by atoms with van der Waals surface area (Å²) in [6, 6.07) is 7.71. The third kappa shape index (κ3) is 7.56. The first kappa shape index (κ1) is 18.1. The average molecular weight is 353 g/mol. The van der Waals surface area contributed by atoms with Crippen LogP contribution in [0.25, 0.3) is 0 Å². The van der Waals surface area contributed by atoms with Gasteiger partial charge in [0.15, 0.2) is 11.6 Å². The zero-order valence-electron chi connectivity index (χ0n) is 12.9. The van der Waals surface area contributed by atoms with Crippen LogP contribution in [0.3, 0.4) is 0 Å². The molecular formula is C18H25BrO2. The summed E-state index contributed by atoms with van der Waals surface area (Å²) < 4.78 is 0. The van der Waals surface area contributed by atoms with Crippen molar-refractivity contribution in [1.82, 2.24) is 0 Å². The molecular weight excluding hydrogens is 328 g/mol. The molecule has 0 aromatic heterocycles. The zero-order valence-corrected chi connectivity index (χ0v) is 14.5. The minimum absolute atomic E-state index is 0.0119. The van der Waals surface area contributed by atoms with Crippen molar-refractivity contribution in [1.29, 1.82) is 0 Å². The number of benzene rings is 1. The van der Waals surface area contributed by atoms with Gasteiger partial charge >= 0.3 is 0 Å². The van der Waals surface area contributed by atoms with Gasteiger partial charge in [0.05, 0.1) is 11.8 Å². The molecule has 0 amide bonds. The van der Waals surface area contributed by atoms with Gasteiger partial charge in [0.25, 0.3) is 0 Å². The van der Waals surface area contributed by atoms with Gasteiger partial charge in [-0.1, -0.05) is 79.2 Å². The fourth-order valence-corrected chi connectivity index (χ4v) is 2.49. The number of rotatable bonds is 11.